The highest BCUT2D eigenvalue weighted by atomic mass is 32.1. The Hall–Kier alpha value is -1.20. The summed E-state index contributed by atoms with van der Waals surface area (Å²) in [5, 5.41) is 2.70. The monoisotopic (exact) mass is 265 g/mol. The van der Waals surface area contributed by atoms with Crippen LogP contribution in [0.15, 0.2) is 17.5 Å². The fourth-order valence-electron chi connectivity index (χ4n) is 1.91. The molecule has 1 atom stereocenters. The molecule has 0 saturated carbocycles. The zero-order chi connectivity index (χ0) is 13.0. The number of nitrogens with two attached hydrogens (primary N) is 1. The van der Waals surface area contributed by atoms with Gasteiger partial charge >= 0.3 is 0 Å². The van der Waals surface area contributed by atoms with Gasteiger partial charge in [-0.3, -0.25) is 4.79 Å². The second kappa shape index (κ2) is 6.11. The molecule has 0 aliphatic carbocycles. The lowest BCUT2D eigenvalue weighted by molar-refractivity contribution is 0.0795. The first-order valence-corrected chi connectivity index (χ1v) is 7.25. The SMILES string of the molecule is CCCCC(N)c1nc(C(=O)N2CC=CC2)cs1. The van der Waals surface area contributed by atoms with Crippen LogP contribution in [-0.4, -0.2) is 28.9 Å². The molecule has 2 rings (SSSR count). The molecule has 18 heavy (non-hydrogen) atoms. The fraction of sp³-hybridized carbons (Fsp3) is 0.538. The lowest BCUT2D eigenvalue weighted by Gasteiger charge is -2.13. The van der Waals surface area contributed by atoms with Crippen molar-refractivity contribution in [3.63, 3.8) is 0 Å². The van der Waals surface area contributed by atoms with E-state index in [-0.39, 0.29) is 11.9 Å². The van der Waals surface area contributed by atoms with E-state index in [9.17, 15) is 4.79 Å². The Morgan fingerprint density at radius 3 is 2.94 bits per heavy atom. The highest BCUT2D eigenvalue weighted by Crippen LogP contribution is 2.21. The Kier molecular flexibility index (Phi) is 4.49. The topological polar surface area (TPSA) is 59.2 Å². The van der Waals surface area contributed by atoms with Crippen LogP contribution < -0.4 is 5.73 Å². The van der Waals surface area contributed by atoms with Gasteiger partial charge in [-0.15, -0.1) is 11.3 Å². The Morgan fingerprint density at radius 2 is 2.28 bits per heavy atom. The summed E-state index contributed by atoms with van der Waals surface area (Å²) in [6.45, 7) is 3.52. The Labute approximate surface area is 112 Å². The normalized spacial score (nSPS) is 16.2. The third kappa shape index (κ3) is 2.97. The van der Waals surface area contributed by atoms with E-state index in [1.54, 1.807) is 4.90 Å². The van der Waals surface area contributed by atoms with Crippen LogP contribution in [0.5, 0.6) is 0 Å². The van der Waals surface area contributed by atoms with Crippen LogP contribution in [0.2, 0.25) is 0 Å². The molecule has 1 amide bonds. The van der Waals surface area contributed by atoms with E-state index in [0.717, 1.165) is 24.3 Å². The minimum absolute atomic E-state index is 0.00481. The maximum atomic E-state index is 12.1. The van der Waals surface area contributed by atoms with Gasteiger partial charge in [-0.25, -0.2) is 4.98 Å². The summed E-state index contributed by atoms with van der Waals surface area (Å²) in [7, 11) is 0. The molecule has 4 nitrogen and oxygen atoms in total. The molecule has 1 aromatic heterocycles. The van der Waals surface area contributed by atoms with E-state index in [1.165, 1.54) is 11.3 Å². The van der Waals surface area contributed by atoms with Gasteiger partial charge in [-0.05, 0) is 6.42 Å². The number of rotatable bonds is 5. The Morgan fingerprint density at radius 1 is 1.56 bits per heavy atom. The smallest absolute Gasteiger partial charge is 0.273 e. The van der Waals surface area contributed by atoms with Crippen LogP contribution in [-0.2, 0) is 0 Å². The standard InChI is InChI=1S/C13H19N3OS/c1-2-3-6-10(14)12-15-11(9-18-12)13(17)16-7-4-5-8-16/h4-5,9-10H,2-3,6-8,14H2,1H3. The molecule has 1 unspecified atom stereocenters. The molecular formula is C13H19N3OS. The molecule has 0 radical (unpaired) electrons. The highest BCUT2D eigenvalue weighted by molar-refractivity contribution is 7.09. The van der Waals surface area contributed by atoms with Crippen LogP contribution in [0.25, 0.3) is 0 Å². The maximum absolute atomic E-state index is 12.1. The van der Waals surface area contributed by atoms with E-state index in [4.69, 9.17) is 5.73 Å². The fourth-order valence-corrected chi connectivity index (χ4v) is 2.74. The molecule has 2 heterocycles. The van der Waals surface area contributed by atoms with Crippen molar-refractivity contribution >= 4 is 17.2 Å². The Bertz CT molecular complexity index is 433. The first-order chi connectivity index (χ1) is 8.72. The van der Waals surface area contributed by atoms with Gasteiger partial charge in [0.1, 0.15) is 10.7 Å². The molecule has 0 fully saturated rings. The summed E-state index contributed by atoms with van der Waals surface area (Å²) in [4.78, 5) is 18.2. The predicted octanol–water partition coefficient (Wildman–Crippen LogP) is 2.35. The summed E-state index contributed by atoms with van der Waals surface area (Å²) in [5.41, 5.74) is 6.59. The van der Waals surface area contributed by atoms with Crippen molar-refractivity contribution in [3.8, 4) is 0 Å². The average molecular weight is 265 g/mol. The van der Waals surface area contributed by atoms with Crippen molar-refractivity contribution in [3.05, 3.63) is 28.2 Å². The van der Waals surface area contributed by atoms with Gasteiger partial charge in [0.15, 0.2) is 0 Å². The predicted molar refractivity (Wildman–Crippen MR) is 73.6 cm³/mol. The van der Waals surface area contributed by atoms with E-state index < -0.39 is 0 Å². The number of carbonyl (C=O) groups is 1. The molecule has 2 N–H and O–H groups in total. The van der Waals surface area contributed by atoms with Crippen LogP contribution in [0.4, 0.5) is 0 Å². The second-order valence-electron chi connectivity index (χ2n) is 4.50. The van der Waals surface area contributed by atoms with Gasteiger partial charge in [0.25, 0.3) is 5.91 Å². The van der Waals surface area contributed by atoms with E-state index in [1.807, 2.05) is 17.5 Å². The summed E-state index contributed by atoms with van der Waals surface area (Å²) < 4.78 is 0. The minimum Gasteiger partial charge on any atom is -0.330 e. The van der Waals surface area contributed by atoms with Gasteiger partial charge in [-0.2, -0.15) is 0 Å². The number of carbonyl (C=O) groups excluding carboxylic acids is 1. The molecule has 5 heteroatoms. The largest absolute Gasteiger partial charge is 0.330 e. The number of nitrogens with zero attached hydrogens (tertiary/aromatic N) is 2. The third-order valence-corrected chi connectivity index (χ3v) is 4.01. The molecule has 1 aliphatic rings. The molecular weight excluding hydrogens is 246 g/mol. The summed E-state index contributed by atoms with van der Waals surface area (Å²) in [5.74, 6) is 0.00481. The van der Waals surface area contributed by atoms with Crippen LogP contribution in [0, 0.1) is 0 Å². The van der Waals surface area contributed by atoms with Crippen molar-refractivity contribution in [1.82, 2.24) is 9.88 Å². The van der Waals surface area contributed by atoms with E-state index in [2.05, 4.69) is 11.9 Å². The second-order valence-corrected chi connectivity index (χ2v) is 5.39. The molecule has 1 aliphatic heterocycles. The van der Waals surface area contributed by atoms with E-state index in [0.29, 0.717) is 18.8 Å². The molecule has 98 valence electrons. The first kappa shape index (κ1) is 13.2. The van der Waals surface area contributed by atoms with Crippen molar-refractivity contribution in [1.29, 1.82) is 0 Å². The molecule has 0 aromatic carbocycles. The van der Waals surface area contributed by atoms with Gasteiger partial charge in [-0.1, -0.05) is 31.9 Å². The van der Waals surface area contributed by atoms with Crippen molar-refractivity contribution < 1.29 is 4.79 Å². The maximum Gasteiger partial charge on any atom is 0.273 e. The average Bonchev–Trinajstić information content (AvgIpc) is 3.05. The zero-order valence-electron chi connectivity index (χ0n) is 10.6. The van der Waals surface area contributed by atoms with Crippen molar-refractivity contribution in [2.75, 3.05) is 13.1 Å². The minimum atomic E-state index is -0.0341. The first-order valence-electron chi connectivity index (χ1n) is 6.37. The molecule has 0 saturated heterocycles. The Balaban J connectivity index is 1.98. The van der Waals surface area contributed by atoms with Crippen molar-refractivity contribution in [2.24, 2.45) is 5.73 Å². The lowest BCUT2D eigenvalue weighted by Crippen LogP contribution is -2.28. The summed E-state index contributed by atoms with van der Waals surface area (Å²) in [6, 6.07) is -0.0341. The van der Waals surface area contributed by atoms with Crippen LogP contribution in [0.3, 0.4) is 0 Å². The van der Waals surface area contributed by atoms with Crippen LogP contribution >= 0.6 is 11.3 Å². The van der Waals surface area contributed by atoms with Gasteiger partial charge in [0, 0.05) is 18.5 Å². The lowest BCUT2D eigenvalue weighted by atomic mass is 10.1. The number of amides is 1. The number of thiazole rings is 1. The molecule has 0 spiro atoms. The highest BCUT2D eigenvalue weighted by Gasteiger charge is 2.20. The quantitative estimate of drug-likeness (QED) is 0.831. The number of aromatic nitrogens is 1. The van der Waals surface area contributed by atoms with Gasteiger partial charge < -0.3 is 10.6 Å². The summed E-state index contributed by atoms with van der Waals surface area (Å²) >= 11 is 1.49. The molecule has 1 aromatic rings. The number of hydrogen-bond acceptors (Lipinski definition) is 4. The number of unbranched alkanes of at least 4 members (excludes halogenated alkanes) is 1. The van der Waals surface area contributed by atoms with Crippen LogP contribution in [0.1, 0.15) is 47.7 Å². The van der Waals surface area contributed by atoms with Gasteiger partial charge in [0.05, 0.1) is 6.04 Å². The third-order valence-electron chi connectivity index (χ3n) is 3.03. The van der Waals surface area contributed by atoms with Gasteiger partial charge in [0.2, 0.25) is 0 Å². The van der Waals surface area contributed by atoms with Crippen molar-refractivity contribution in [2.45, 2.75) is 32.2 Å². The number of hydrogen-bond donors (Lipinski definition) is 1. The molecule has 0 bridgehead atoms. The zero-order valence-corrected chi connectivity index (χ0v) is 11.4. The summed E-state index contributed by atoms with van der Waals surface area (Å²) in [6.07, 6.45) is 7.16. The van der Waals surface area contributed by atoms with E-state index >= 15 is 0 Å².